The molecule has 0 aromatic rings. The van der Waals surface area contributed by atoms with Gasteiger partial charge in [-0.05, 0) is 0 Å². The molecule has 0 aromatic heterocycles. The monoisotopic (exact) mass is 348 g/mol. The molecule has 0 saturated heterocycles. The molecule has 0 saturated carbocycles. The first-order valence-electron chi connectivity index (χ1n) is 0. The molecule has 0 rings (SSSR count). The van der Waals surface area contributed by atoms with Crippen molar-refractivity contribution >= 4 is 0 Å². The Hall–Kier alpha value is 1.78. The minimum Gasteiger partial charge on any atom is -2.00 e. The summed E-state index contributed by atoms with van der Waals surface area (Å²) in [7, 11) is 0. The van der Waals surface area contributed by atoms with Gasteiger partial charge in [0.15, 0.2) is 0 Å². The van der Waals surface area contributed by atoms with Crippen LogP contribution in [0.4, 0.5) is 0 Å². The summed E-state index contributed by atoms with van der Waals surface area (Å²) < 4.78 is 0. The molecule has 0 unspecified atom stereocenters. The first-order valence-corrected chi connectivity index (χ1v) is 0. The molecule has 0 aliphatic heterocycles. The minimum atomic E-state index is 0. The molecule has 16 valence electrons. The summed E-state index contributed by atoms with van der Waals surface area (Å²) in [4.78, 5) is 0. The summed E-state index contributed by atoms with van der Waals surface area (Å²) >= 11 is 0. The number of hydrogen-bond acceptors (Lipinski definition) is 0. The van der Waals surface area contributed by atoms with Crippen LogP contribution in [0.15, 0.2) is 0 Å². The fourth-order valence-corrected chi connectivity index (χ4v) is 0. The van der Waals surface area contributed by atoms with Crippen LogP contribution in [0.3, 0.4) is 0 Å². The van der Waals surface area contributed by atoms with E-state index in [9.17, 15) is 0 Å². The first-order chi connectivity index (χ1) is 0. The molecule has 0 atom stereocenters. The SMILES string of the molecule is [Cd+2].[Hg+2].[O-2].[O-2]. The maximum atomic E-state index is 0. The van der Waals surface area contributed by atoms with E-state index in [0.29, 0.717) is 0 Å². The van der Waals surface area contributed by atoms with Crippen molar-refractivity contribution in [3.8, 4) is 0 Å². The maximum absolute atomic E-state index is 0. The molecule has 0 heterocycles. The zero-order valence-corrected chi connectivity index (χ0v) is 11.8. The second-order valence-electron chi connectivity index (χ2n) is 0. The van der Waals surface area contributed by atoms with Crippen LogP contribution in [-0.2, 0) is 65.9 Å². The first kappa shape index (κ1) is 41.7. The molecule has 0 aliphatic rings. The third-order valence-corrected chi connectivity index (χ3v) is 0. The van der Waals surface area contributed by atoms with E-state index in [2.05, 4.69) is 0 Å². The third kappa shape index (κ3) is 9.22. The van der Waals surface area contributed by atoms with Crippen molar-refractivity contribution in [1.82, 2.24) is 0 Å². The molecule has 0 radical (unpaired) electrons. The molecular weight excluding hydrogens is 345 g/mol. The summed E-state index contributed by atoms with van der Waals surface area (Å²) in [6.07, 6.45) is 0. The van der Waals surface area contributed by atoms with Crippen LogP contribution in [0.5, 0.6) is 0 Å². The van der Waals surface area contributed by atoms with Gasteiger partial charge < -0.3 is 11.0 Å². The molecular formula is CdHgO2. The number of rotatable bonds is 0. The minimum absolute atomic E-state index is 0. The molecule has 2 nitrogen and oxygen atoms in total. The van der Waals surface area contributed by atoms with Gasteiger partial charge in [0.05, 0.1) is 0 Å². The maximum Gasteiger partial charge on any atom is 2.00 e. The van der Waals surface area contributed by atoms with E-state index >= 15 is 0 Å². The van der Waals surface area contributed by atoms with Gasteiger partial charge >= 0.3 is 55.0 Å². The fourth-order valence-electron chi connectivity index (χ4n) is 0. The Bertz CT molecular complexity index is 6.00. The molecule has 4 heavy (non-hydrogen) atoms. The van der Waals surface area contributed by atoms with Crippen molar-refractivity contribution in [3.05, 3.63) is 0 Å². The standard InChI is InChI=1S/Cd.Hg.2O/q2*+2;2*-2. The summed E-state index contributed by atoms with van der Waals surface area (Å²) in [5, 5.41) is 0. The smallest absolute Gasteiger partial charge is 2.00 e. The van der Waals surface area contributed by atoms with Crippen LogP contribution >= 0.6 is 0 Å². The molecule has 0 spiro atoms. The van der Waals surface area contributed by atoms with Gasteiger partial charge in [0.25, 0.3) is 0 Å². The largest absolute Gasteiger partial charge is 2.00 e. The van der Waals surface area contributed by atoms with Crippen LogP contribution < -0.4 is 0 Å². The molecule has 4 heteroatoms. The second kappa shape index (κ2) is 21.6. The summed E-state index contributed by atoms with van der Waals surface area (Å²) in [5.41, 5.74) is 0. The van der Waals surface area contributed by atoms with Gasteiger partial charge in [-0.1, -0.05) is 0 Å². The Balaban J connectivity index is 0. The average molecular weight is 345 g/mol. The van der Waals surface area contributed by atoms with Crippen LogP contribution in [0.25, 0.3) is 0 Å². The van der Waals surface area contributed by atoms with Crippen LogP contribution in [-0.4, -0.2) is 0 Å². The Morgan fingerprint density at radius 2 is 0.750 bits per heavy atom. The normalized spacial score (nSPS) is 0. The van der Waals surface area contributed by atoms with E-state index < -0.39 is 0 Å². The van der Waals surface area contributed by atoms with Crippen molar-refractivity contribution in [2.24, 2.45) is 0 Å². The Kier molecular flexibility index (Phi) is 225. The molecule has 0 amide bonds. The summed E-state index contributed by atoms with van der Waals surface area (Å²) in [6, 6.07) is 0. The third-order valence-electron chi connectivity index (χ3n) is 0. The van der Waals surface area contributed by atoms with Crippen molar-refractivity contribution < 1.29 is 65.9 Å². The fraction of sp³-hybridized carbons (Fsp3) is 0. The van der Waals surface area contributed by atoms with Gasteiger partial charge in [-0.2, -0.15) is 0 Å². The topological polar surface area (TPSA) is 57.0 Å². The van der Waals surface area contributed by atoms with Crippen LogP contribution in [0.2, 0.25) is 0 Å². The van der Waals surface area contributed by atoms with E-state index in [0.717, 1.165) is 0 Å². The van der Waals surface area contributed by atoms with E-state index in [1.165, 1.54) is 0 Å². The average Bonchev–Trinajstić information content (AvgIpc) is 0. The zero-order chi connectivity index (χ0) is 0. The Labute approximate surface area is 65.2 Å². The van der Waals surface area contributed by atoms with E-state index in [1.807, 2.05) is 0 Å². The number of hydrogen-bond donors (Lipinski definition) is 0. The van der Waals surface area contributed by atoms with Crippen LogP contribution in [0, 0.1) is 0 Å². The summed E-state index contributed by atoms with van der Waals surface area (Å²) in [5.74, 6) is 0. The molecule has 0 aromatic carbocycles. The van der Waals surface area contributed by atoms with Gasteiger partial charge in [-0.15, -0.1) is 0 Å². The van der Waals surface area contributed by atoms with Crippen molar-refractivity contribution in [2.45, 2.75) is 0 Å². The zero-order valence-electron chi connectivity index (χ0n) is 2.23. The van der Waals surface area contributed by atoms with Crippen LogP contribution in [0.1, 0.15) is 0 Å². The van der Waals surface area contributed by atoms with Gasteiger partial charge in [-0.25, -0.2) is 0 Å². The molecule has 0 N–H and O–H groups in total. The Morgan fingerprint density at radius 1 is 0.750 bits per heavy atom. The Morgan fingerprint density at radius 3 is 0.750 bits per heavy atom. The van der Waals surface area contributed by atoms with Crippen molar-refractivity contribution in [2.75, 3.05) is 0 Å². The van der Waals surface area contributed by atoms with Gasteiger partial charge in [0.1, 0.15) is 0 Å². The molecule has 0 bridgehead atoms. The quantitative estimate of drug-likeness (QED) is 0.545. The predicted octanol–water partition coefficient (Wildman–Crippen LogP) is -0.243. The summed E-state index contributed by atoms with van der Waals surface area (Å²) in [6.45, 7) is 0. The van der Waals surface area contributed by atoms with Gasteiger partial charge in [0, 0.05) is 0 Å². The molecule has 0 fully saturated rings. The predicted molar refractivity (Wildman–Crippen MR) is 1.37 cm³/mol. The van der Waals surface area contributed by atoms with Crippen molar-refractivity contribution in [1.29, 1.82) is 0 Å². The van der Waals surface area contributed by atoms with Gasteiger partial charge in [0.2, 0.25) is 0 Å². The van der Waals surface area contributed by atoms with E-state index in [1.54, 1.807) is 0 Å². The second-order valence-corrected chi connectivity index (χ2v) is 0. The van der Waals surface area contributed by atoms with E-state index in [-0.39, 0.29) is 65.9 Å². The van der Waals surface area contributed by atoms with E-state index in [4.69, 9.17) is 0 Å². The molecule has 0 aliphatic carbocycles. The van der Waals surface area contributed by atoms with Gasteiger partial charge in [-0.3, -0.25) is 0 Å². The van der Waals surface area contributed by atoms with Crippen molar-refractivity contribution in [3.63, 3.8) is 0 Å².